The first-order valence-corrected chi connectivity index (χ1v) is 6.70. The molecule has 1 aliphatic carbocycles. The zero-order chi connectivity index (χ0) is 13.3. The number of hydrogen-bond acceptors (Lipinski definition) is 6. The van der Waals surface area contributed by atoms with Crippen molar-refractivity contribution >= 4 is 0 Å². The predicted octanol–water partition coefficient (Wildman–Crippen LogP) is 1.61. The van der Waals surface area contributed by atoms with Crippen molar-refractivity contribution in [2.24, 2.45) is 11.7 Å². The first-order chi connectivity index (χ1) is 9.21. The molecule has 0 aliphatic heterocycles. The molecule has 0 aromatic carbocycles. The van der Waals surface area contributed by atoms with Crippen molar-refractivity contribution in [2.75, 3.05) is 0 Å². The largest absolute Gasteiger partial charge is 0.337 e. The summed E-state index contributed by atoms with van der Waals surface area (Å²) < 4.78 is 5.33. The zero-order valence-corrected chi connectivity index (χ0v) is 11.0. The van der Waals surface area contributed by atoms with Crippen LogP contribution in [0, 0.1) is 5.92 Å². The van der Waals surface area contributed by atoms with Crippen molar-refractivity contribution in [2.45, 2.75) is 44.6 Å². The Morgan fingerprint density at radius 3 is 2.89 bits per heavy atom. The van der Waals surface area contributed by atoms with Gasteiger partial charge in [0.25, 0.3) is 0 Å². The maximum absolute atomic E-state index is 6.42. The standard InChI is InChI=1S/C12H18N6O/c1-2-8-3-5-12(13,6-4-8)11-15-10(17-19-11)9-7-14-18-16-9/h7-8H,2-6,13H2,1H3,(H,14,16,18). The molecule has 1 aliphatic rings. The Kier molecular flexibility index (Phi) is 3.06. The lowest BCUT2D eigenvalue weighted by atomic mass is 9.76. The normalized spacial score (nSPS) is 27.6. The van der Waals surface area contributed by atoms with Crippen LogP contribution in [0.3, 0.4) is 0 Å². The molecular weight excluding hydrogens is 244 g/mol. The van der Waals surface area contributed by atoms with Crippen LogP contribution < -0.4 is 5.73 Å². The second kappa shape index (κ2) is 4.73. The first-order valence-electron chi connectivity index (χ1n) is 6.70. The van der Waals surface area contributed by atoms with Gasteiger partial charge in [0.05, 0.1) is 11.7 Å². The third-order valence-corrected chi connectivity index (χ3v) is 4.07. The molecule has 0 spiro atoms. The van der Waals surface area contributed by atoms with Crippen LogP contribution in [0.15, 0.2) is 10.7 Å². The molecule has 2 heterocycles. The van der Waals surface area contributed by atoms with Crippen molar-refractivity contribution < 1.29 is 4.52 Å². The average molecular weight is 262 g/mol. The fourth-order valence-electron chi connectivity index (χ4n) is 2.65. The van der Waals surface area contributed by atoms with E-state index >= 15 is 0 Å². The monoisotopic (exact) mass is 262 g/mol. The second-order valence-corrected chi connectivity index (χ2v) is 5.29. The van der Waals surface area contributed by atoms with E-state index in [-0.39, 0.29) is 0 Å². The van der Waals surface area contributed by atoms with Gasteiger partial charge in [-0.05, 0) is 31.6 Å². The number of nitrogens with two attached hydrogens (primary N) is 1. The molecule has 2 aromatic heterocycles. The van der Waals surface area contributed by atoms with Gasteiger partial charge in [-0.3, -0.25) is 0 Å². The highest BCUT2D eigenvalue weighted by atomic mass is 16.5. The molecule has 3 rings (SSSR count). The summed E-state index contributed by atoms with van der Waals surface area (Å²) >= 11 is 0. The van der Waals surface area contributed by atoms with Gasteiger partial charge in [0, 0.05) is 0 Å². The van der Waals surface area contributed by atoms with Crippen LogP contribution in [0.1, 0.15) is 44.9 Å². The van der Waals surface area contributed by atoms with Crippen LogP contribution in [0.4, 0.5) is 0 Å². The van der Waals surface area contributed by atoms with Crippen LogP contribution in [0.25, 0.3) is 11.5 Å². The van der Waals surface area contributed by atoms with Gasteiger partial charge in [-0.15, -0.1) is 0 Å². The summed E-state index contributed by atoms with van der Waals surface area (Å²) in [5.41, 5.74) is 6.51. The number of aromatic amines is 1. The lowest BCUT2D eigenvalue weighted by molar-refractivity contribution is 0.181. The summed E-state index contributed by atoms with van der Waals surface area (Å²) in [6, 6.07) is 0. The van der Waals surface area contributed by atoms with Gasteiger partial charge < -0.3 is 10.3 Å². The number of nitrogens with one attached hydrogen (secondary N) is 1. The van der Waals surface area contributed by atoms with Crippen molar-refractivity contribution in [1.29, 1.82) is 0 Å². The number of nitrogens with zero attached hydrogens (tertiary/aromatic N) is 4. The fourth-order valence-corrected chi connectivity index (χ4v) is 2.65. The van der Waals surface area contributed by atoms with Gasteiger partial charge in [0.1, 0.15) is 0 Å². The van der Waals surface area contributed by atoms with E-state index in [0.717, 1.165) is 31.6 Å². The summed E-state index contributed by atoms with van der Waals surface area (Å²) in [6.45, 7) is 2.23. The van der Waals surface area contributed by atoms with E-state index in [4.69, 9.17) is 10.3 Å². The molecule has 0 bridgehead atoms. The maximum atomic E-state index is 6.42. The van der Waals surface area contributed by atoms with Crippen LogP contribution in [0.2, 0.25) is 0 Å². The fraction of sp³-hybridized carbons (Fsp3) is 0.667. The molecule has 0 unspecified atom stereocenters. The minimum Gasteiger partial charge on any atom is -0.337 e. The third kappa shape index (κ3) is 2.25. The first kappa shape index (κ1) is 12.3. The summed E-state index contributed by atoms with van der Waals surface area (Å²) in [5.74, 6) is 1.72. The minimum absolute atomic E-state index is 0.436. The molecule has 7 nitrogen and oxygen atoms in total. The minimum atomic E-state index is -0.485. The molecule has 0 amide bonds. The molecule has 19 heavy (non-hydrogen) atoms. The molecular formula is C12H18N6O. The van der Waals surface area contributed by atoms with E-state index in [2.05, 4.69) is 32.5 Å². The average Bonchev–Trinajstić information content (AvgIpc) is 3.10. The van der Waals surface area contributed by atoms with Crippen LogP contribution in [0.5, 0.6) is 0 Å². The Bertz CT molecular complexity index is 526. The molecule has 2 aromatic rings. The summed E-state index contributed by atoms with van der Waals surface area (Å²) in [7, 11) is 0. The molecule has 0 radical (unpaired) electrons. The summed E-state index contributed by atoms with van der Waals surface area (Å²) in [5, 5.41) is 14.1. The third-order valence-electron chi connectivity index (χ3n) is 4.07. The SMILES string of the molecule is CCC1CCC(N)(c2nc(-c3cn[nH]n3)no2)CC1. The van der Waals surface area contributed by atoms with Crippen LogP contribution >= 0.6 is 0 Å². The highest BCUT2D eigenvalue weighted by Gasteiger charge is 2.37. The number of rotatable bonds is 3. The molecule has 102 valence electrons. The molecule has 1 saturated carbocycles. The second-order valence-electron chi connectivity index (χ2n) is 5.29. The van der Waals surface area contributed by atoms with Crippen molar-refractivity contribution in [3.63, 3.8) is 0 Å². The Labute approximate surface area is 111 Å². The number of hydrogen-bond donors (Lipinski definition) is 2. The Balaban J connectivity index is 1.79. The van der Waals surface area contributed by atoms with E-state index < -0.39 is 5.54 Å². The quantitative estimate of drug-likeness (QED) is 0.870. The van der Waals surface area contributed by atoms with Gasteiger partial charge in [0.2, 0.25) is 11.7 Å². The molecule has 7 heteroatoms. The van der Waals surface area contributed by atoms with Crippen LogP contribution in [-0.2, 0) is 5.54 Å². The van der Waals surface area contributed by atoms with E-state index in [9.17, 15) is 0 Å². The molecule has 1 fully saturated rings. The molecule has 0 saturated heterocycles. The van der Waals surface area contributed by atoms with E-state index in [1.807, 2.05) is 0 Å². The lowest BCUT2D eigenvalue weighted by Gasteiger charge is -2.33. The van der Waals surface area contributed by atoms with Crippen molar-refractivity contribution in [3.8, 4) is 11.5 Å². The van der Waals surface area contributed by atoms with E-state index in [1.54, 1.807) is 6.20 Å². The number of aromatic nitrogens is 5. The topological polar surface area (TPSA) is 107 Å². The van der Waals surface area contributed by atoms with Gasteiger partial charge in [-0.25, -0.2) is 0 Å². The van der Waals surface area contributed by atoms with Gasteiger partial charge in [-0.1, -0.05) is 18.5 Å². The van der Waals surface area contributed by atoms with E-state index in [1.165, 1.54) is 6.42 Å². The van der Waals surface area contributed by atoms with Crippen LogP contribution in [-0.4, -0.2) is 25.6 Å². The maximum Gasteiger partial charge on any atom is 0.247 e. The van der Waals surface area contributed by atoms with Gasteiger partial charge in [-0.2, -0.15) is 20.4 Å². The van der Waals surface area contributed by atoms with Crippen molar-refractivity contribution in [3.05, 3.63) is 12.1 Å². The molecule has 0 atom stereocenters. The zero-order valence-electron chi connectivity index (χ0n) is 11.0. The Hall–Kier alpha value is -1.76. The highest BCUT2D eigenvalue weighted by Crippen LogP contribution is 2.38. The summed E-state index contributed by atoms with van der Waals surface area (Å²) in [4.78, 5) is 4.37. The predicted molar refractivity (Wildman–Crippen MR) is 67.8 cm³/mol. The number of H-pyrrole nitrogens is 1. The Morgan fingerprint density at radius 2 is 2.26 bits per heavy atom. The smallest absolute Gasteiger partial charge is 0.247 e. The van der Waals surface area contributed by atoms with E-state index in [0.29, 0.717) is 17.4 Å². The van der Waals surface area contributed by atoms with Gasteiger partial charge in [0.15, 0.2) is 5.69 Å². The lowest BCUT2D eigenvalue weighted by Crippen LogP contribution is -2.40. The molecule has 3 N–H and O–H groups in total. The van der Waals surface area contributed by atoms with Gasteiger partial charge >= 0.3 is 0 Å². The summed E-state index contributed by atoms with van der Waals surface area (Å²) in [6.07, 6.45) is 6.80. The highest BCUT2D eigenvalue weighted by molar-refractivity contribution is 5.45. The van der Waals surface area contributed by atoms with Crippen molar-refractivity contribution in [1.82, 2.24) is 25.6 Å². The Morgan fingerprint density at radius 1 is 1.47 bits per heavy atom.